The highest BCUT2D eigenvalue weighted by Gasteiger charge is 2.59. The first kappa shape index (κ1) is 24.6. The average Bonchev–Trinajstić information content (AvgIpc) is 3.09. The maximum atomic E-state index is 13.9. The lowest BCUT2D eigenvalue weighted by molar-refractivity contribution is -0.200. The molecule has 178 valence electrons. The second-order valence-electron chi connectivity index (χ2n) is 7.83. The Balaban J connectivity index is 1.79. The van der Waals surface area contributed by atoms with E-state index < -0.39 is 48.7 Å². The number of benzene rings is 2. The van der Waals surface area contributed by atoms with Gasteiger partial charge in [0.25, 0.3) is 5.91 Å². The van der Waals surface area contributed by atoms with Gasteiger partial charge in [0, 0.05) is 5.92 Å². The Morgan fingerprint density at radius 3 is 2.09 bits per heavy atom. The number of hydrogen-bond acceptors (Lipinski definition) is 4. The van der Waals surface area contributed by atoms with Crippen molar-refractivity contribution in [2.75, 3.05) is 19.7 Å². The molecule has 0 aliphatic heterocycles. The summed E-state index contributed by atoms with van der Waals surface area (Å²) in [5.41, 5.74) is 0.115. The molecule has 10 heteroatoms. The molecule has 7 nitrogen and oxygen atoms in total. The van der Waals surface area contributed by atoms with Gasteiger partial charge in [-0.05, 0) is 29.2 Å². The average molecular weight is 474 g/mol. The number of carbonyl (C=O) groups is 3. The molecule has 0 saturated heterocycles. The van der Waals surface area contributed by atoms with Gasteiger partial charge in [-0.1, -0.05) is 54.5 Å². The number of alkyl halides is 3. The summed E-state index contributed by atoms with van der Waals surface area (Å²) in [4.78, 5) is 36.4. The highest BCUT2D eigenvalue weighted by Crippen LogP contribution is 2.44. The summed E-state index contributed by atoms with van der Waals surface area (Å²) in [6.45, 7) is -1.60. The number of nitrogens with zero attached hydrogens (tertiary/aromatic N) is 1. The molecule has 2 aromatic carbocycles. The summed E-state index contributed by atoms with van der Waals surface area (Å²) >= 11 is 0. The molecule has 1 aliphatic rings. The standard InChI is InChI=1S/C24H21F3N2O5/c1-3-12-29(13-20(30)31)21(32)23(2,24(25,26)27)28-22(33)34-14-19-17-10-6-4-8-15(17)16-9-5-7-11-18(16)19/h1,4-11,19H,12-14H2,2H3,(H,28,33)(H,30,31). The van der Waals surface area contributed by atoms with Crippen LogP contribution >= 0.6 is 0 Å². The summed E-state index contributed by atoms with van der Waals surface area (Å²) in [5, 5.41) is 10.5. The molecule has 3 rings (SSSR count). The lowest BCUT2D eigenvalue weighted by Gasteiger charge is -2.35. The van der Waals surface area contributed by atoms with E-state index in [0.717, 1.165) is 22.3 Å². The summed E-state index contributed by atoms with van der Waals surface area (Å²) in [6, 6.07) is 14.8. The quantitative estimate of drug-likeness (QED) is 0.600. The maximum Gasteiger partial charge on any atom is 0.420 e. The fraction of sp³-hybridized carbons (Fsp3) is 0.292. The van der Waals surface area contributed by atoms with E-state index in [0.29, 0.717) is 11.8 Å². The Labute approximate surface area is 193 Å². The van der Waals surface area contributed by atoms with E-state index in [4.69, 9.17) is 16.3 Å². The highest BCUT2D eigenvalue weighted by atomic mass is 19.4. The predicted molar refractivity (Wildman–Crippen MR) is 116 cm³/mol. The summed E-state index contributed by atoms with van der Waals surface area (Å²) in [7, 11) is 0. The zero-order chi connectivity index (χ0) is 25.1. The third-order valence-corrected chi connectivity index (χ3v) is 5.59. The normalized spacial score (nSPS) is 14.2. The first-order chi connectivity index (χ1) is 16.0. The summed E-state index contributed by atoms with van der Waals surface area (Å²) < 4.78 is 46.7. The van der Waals surface area contributed by atoms with Gasteiger partial charge in [0.2, 0.25) is 5.54 Å². The Hall–Kier alpha value is -4.00. The van der Waals surface area contributed by atoms with Gasteiger partial charge in [0.1, 0.15) is 13.2 Å². The van der Waals surface area contributed by atoms with E-state index in [1.807, 2.05) is 42.3 Å². The van der Waals surface area contributed by atoms with Gasteiger partial charge in [-0.2, -0.15) is 13.2 Å². The molecule has 0 fully saturated rings. The van der Waals surface area contributed by atoms with Crippen LogP contribution in [0.3, 0.4) is 0 Å². The Morgan fingerprint density at radius 1 is 1.09 bits per heavy atom. The zero-order valence-corrected chi connectivity index (χ0v) is 18.1. The topological polar surface area (TPSA) is 95.9 Å². The molecular weight excluding hydrogens is 453 g/mol. The Kier molecular flexibility index (Phi) is 6.86. The first-order valence-electron chi connectivity index (χ1n) is 10.1. The van der Waals surface area contributed by atoms with E-state index in [-0.39, 0.29) is 6.61 Å². The van der Waals surface area contributed by atoms with Gasteiger partial charge < -0.3 is 14.7 Å². The molecule has 1 atom stereocenters. The molecule has 0 radical (unpaired) electrons. The van der Waals surface area contributed by atoms with Gasteiger partial charge in [-0.3, -0.25) is 14.9 Å². The van der Waals surface area contributed by atoms with Crippen molar-refractivity contribution in [1.29, 1.82) is 0 Å². The minimum absolute atomic E-state index is 0.273. The van der Waals surface area contributed by atoms with Crippen molar-refractivity contribution in [3.8, 4) is 23.5 Å². The van der Waals surface area contributed by atoms with Gasteiger partial charge in [-0.25, -0.2) is 4.79 Å². The van der Waals surface area contributed by atoms with E-state index in [1.54, 1.807) is 17.4 Å². The molecular formula is C24H21F3N2O5. The van der Waals surface area contributed by atoms with Crippen LogP contribution in [0.5, 0.6) is 0 Å². The predicted octanol–water partition coefficient (Wildman–Crippen LogP) is 3.39. The minimum atomic E-state index is -5.26. The van der Waals surface area contributed by atoms with Crippen molar-refractivity contribution in [3.63, 3.8) is 0 Å². The number of fused-ring (bicyclic) bond motifs is 3. The number of halogens is 3. The molecule has 1 unspecified atom stereocenters. The van der Waals surface area contributed by atoms with Crippen LogP contribution in [-0.4, -0.2) is 59.4 Å². The lowest BCUT2D eigenvalue weighted by atomic mass is 9.98. The van der Waals surface area contributed by atoms with Crippen LogP contribution in [0, 0.1) is 12.3 Å². The van der Waals surface area contributed by atoms with Crippen LogP contribution in [0.4, 0.5) is 18.0 Å². The molecule has 0 saturated carbocycles. The second kappa shape index (κ2) is 9.47. The molecule has 0 spiro atoms. The Morgan fingerprint density at radius 2 is 1.62 bits per heavy atom. The summed E-state index contributed by atoms with van der Waals surface area (Å²) in [5.74, 6) is -1.74. The minimum Gasteiger partial charge on any atom is -0.480 e. The molecule has 0 heterocycles. The van der Waals surface area contributed by atoms with E-state index in [1.165, 1.54) is 0 Å². The SMILES string of the molecule is C#CCN(CC(=O)O)C(=O)C(C)(NC(=O)OCC1c2ccccc2-c2ccccc21)C(F)(F)F. The van der Waals surface area contributed by atoms with Crippen molar-refractivity contribution in [1.82, 2.24) is 10.2 Å². The number of carbonyl (C=O) groups excluding carboxylic acids is 2. The first-order valence-corrected chi connectivity index (χ1v) is 10.1. The van der Waals surface area contributed by atoms with Crippen molar-refractivity contribution >= 4 is 18.0 Å². The van der Waals surface area contributed by atoms with Gasteiger partial charge in [0.15, 0.2) is 0 Å². The van der Waals surface area contributed by atoms with Crippen LogP contribution in [0.25, 0.3) is 11.1 Å². The molecule has 34 heavy (non-hydrogen) atoms. The zero-order valence-electron chi connectivity index (χ0n) is 18.1. The number of ether oxygens (including phenoxy) is 1. The second-order valence-corrected chi connectivity index (χ2v) is 7.83. The number of hydrogen-bond donors (Lipinski definition) is 2. The van der Waals surface area contributed by atoms with Crippen molar-refractivity contribution in [2.24, 2.45) is 0 Å². The van der Waals surface area contributed by atoms with E-state index in [9.17, 15) is 27.6 Å². The van der Waals surface area contributed by atoms with E-state index in [2.05, 4.69) is 0 Å². The van der Waals surface area contributed by atoms with Crippen LogP contribution < -0.4 is 5.32 Å². The van der Waals surface area contributed by atoms with Crippen molar-refractivity contribution < 1.29 is 37.4 Å². The van der Waals surface area contributed by atoms with Gasteiger partial charge in [0.05, 0.1) is 6.54 Å². The smallest absolute Gasteiger partial charge is 0.420 e. The van der Waals surface area contributed by atoms with E-state index >= 15 is 0 Å². The molecule has 2 aromatic rings. The summed E-state index contributed by atoms with van der Waals surface area (Å²) in [6.07, 6.45) is -1.68. The maximum absolute atomic E-state index is 13.9. The number of terminal acetylenes is 1. The lowest BCUT2D eigenvalue weighted by Crippen LogP contribution is -2.66. The van der Waals surface area contributed by atoms with Crippen molar-refractivity contribution in [2.45, 2.75) is 24.6 Å². The number of nitrogens with one attached hydrogen (secondary N) is 1. The van der Waals surface area contributed by atoms with Crippen molar-refractivity contribution in [3.05, 3.63) is 59.7 Å². The molecule has 1 aliphatic carbocycles. The molecule has 0 aromatic heterocycles. The molecule has 0 bridgehead atoms. The van der Waals surface area contributed by atoms with Crippen LogP contribution in [0.1, 0.15) is 24.0 Å². The highest BCUT2D eigenvalue weighted by molar-refractivity contribution is 5.92. The number of amides is 2. The van der Waals surface area contributed by atoms with Crippen LogP contribution in [0.15, 0.2) is 48.5 Å². The number of aliphatic carboxylic acids is 1. The largest absolute Gasteiger partial charge is 0.480 e. The fourth-order valence-corrected chi connectivity index (χ4v) is 3.87. The third-order valence-electron chi connectivity index (χ3n) is 5.59. The molecule has 2 N–H and O–H groups in total. The van der Waals surface area contributed by atoms with Gasteiger partial charge >= 0.3 is 18.2 Å². The fourth-order valence-electron chi connectivity index (χ4n) is 3.87. The van der Waals surface area contributed by atoms with Crippen LogP contribution in [-0.2, 0) is 14.3 Å². The number of rotatable bonds is 7. The Bertz CT molecular complexity index is 1110. The number of alkyl carbamates (subject to hydrolysis) is 1. The monoisotopic (exact) mass is 474 g/mol. The molecule has 2 amide bonds. The number of carboxylic acid groups (broad SMARTS) is 1. The van der Waals surface area contributed by atoms with Gasteiger partial charge in [-0.15, -0.1) is 6.42 Å². The third kappa shape index (κ3) is 4.69. The van der Waals surface area contributed by atoms with Crippen LogP contribution in [0.2, 0.25) is 0 Å². The number of carboxylic acids is 1.